The number of nitrogens with zero attached hydrogens (tertiary/aromatic N) is 2. The van der Waals surface area contributed by atoms with Gasteiger partial charge < -0.3 is 25.6 Å². The molecule has 3 unspecified atom stereocenters. The van der Waals surface area contributed by atoms with Crippen LogP contribution in [0, 0.1) is 0 Å². The van der Waals surface area contributed by atoms with E-state index < -0.39 is 23.2 Å². The van der Waals surface area contributed by atoms with Crippen molar-refractivity contribution >= 4 is 17.9 Å². The van der Waals surface area contributed by atoms with Crippen molar-refractivity contribution < 1.29 is 19.5 Å². The number of nitrogens with one attached hydrogen (secondary N) is 3. The second-order valence-corrected chi connectivity index (χ2v) is 8.23. The summed E-state index contributed by atoms with van der Waals surface area (Å²) in [6, 6.07) is -0.575. The van der Waals surface area contributed by atoms with Crippen LogP contribution < -0.4 is 16.0 Å². The second kappa shape index (κ2) is 7.65. The molecule has 1 aromatic rings. The first kappa shape index (κ1) is 21.5. The summed E-state index contributed by atoms with van der Waals surface area (Å²) in [5.74, 6) is -0.512. The van der Waals surface area contributed by atoms with Crippen molar-refractivity contribution in [1.29, 1.82) is 0 Å². The first-order valence-electron chi connectivity index (χ1n) is 9.18. The van der Waals surface area contributed by atoms with E-state index >= 15 is 0 Å². The molecule has 0 saturated heterocycles. The molecule has 3 atom stereocenters. The van der Waals surface area contributed by atoms with Crippen LogP contribution in [0.5, 0.6) is 0 Å². The fraction of sp³-hybridized carbons (Fsp3) is 0.579. The standard InChI is InChI=1S/C19H29N5O4/c1-7-8-13-14-9-20-15(11(2)21-17(27)28)24(14)10-19(13,22-12(3)25)16(26)23-18(4,5)6/h7,9,11,13,21H,1,8,10H2,2-6H3,(H,22,25)(H,23,26)(H,27,28). The Morgan fingerprint density at radius 1 is 1.46 bits per heavy atom. The Hall–Kier alpha value is -2.84. The van der Waals surface area contributed by atoms with Crippen LogP contribution in [0.15, 0.2) is 18.9 Å². The van der Waals surface area contributed by atoms with Gasteiger partial charge in [0.15, 0.2) is 0 Å². The number of carboxylic acid groups (broad SMARTS) is 1. The van der Waals surface area contributed by atoms with Gasteiger partial charge in [0.1, 0.15) is 11.4 Å². The van der Waals surface area contributed by atoms with E-state index in [1.165, 1.54) is 6.92 Å². The molecular formula is C19H29N5O4. The average Bonchev–Trinajstić information content (AvgIpc) is 3.03. The average molecular weight is 391 g/mol. The zero-order valence-electron chi connectivity index (χ0n) is 17.0. The highest BCUT2D eigenvalue weighted by Crippen LogP contribution is 2.42. The van der Waals surface area contributed by atoms with Crippen molar-refractivity contribution in [2.45, 2.75) is 70.6 Å². The number of carbonyl (C=O) groups is 3. The van der Waals surface area contributed by atoms with E-state index in [2.05, 4.69) is 27.5 Å². The largest absolute Gasteiger partial charge is 0.465 e. The number of hydrogen-bond acceptors (Lipinski definition) is 4. The maximum absolute atomic E-state index is 13.3. The van der Waals surface area contributed by atoms with Crippen LogP contribution in [-0.4, -0.2) is 43.6 Å². The third-order valence-corrected chi connectivity index (χ3v) is 4.70. The zero-order valence-corrected chi connectivity index (χ0v) is 17.0. The van der Waals surface area contributed by atoms with E-state index in [-0.39, 0.29) is 24.3 Å². The lowest BCUT2D eigenvalue weighted by Gasteiger charge is -2.36. The molecule has 3 amide bonds. The third-order valence-electron chi connectivity index (χ3n) is 4.70. The molecule has 9 heteroatoms. The number of hydrogen-bond donors (Lipinski definition) is 4. The quantitative estimate of drug-likeness (QED) is 0.549. The number of fused-ring (bicyclic) bond motifs is 1. The Balaban J connectivity index is 2.54. The summed E-state index contributed by atoms with van der Waals surface area (Å²) in [6.45, 7) is 12.6. The van der Waals surface area contributed by atoms with Gasteiger partial charge in [-0.1, -0.05) is 6.08 Å². The van der Waals surface area contributed by atoms with Crippen molar-refractivity contribution in [1.82, 2.24) is 25.5 Å². The number of amides is 3. The van der Waals surface area contributed by atoms with Gasteiger partial charge in [0.05, 0.1) is 12.6 Å². The van der Waals surface area contributed by atoms with E-state index in [4.69, 9.17) is 5.11 Å². The molecule has 1 aromatic heterocycles. The molecule has 154 valence electrons. The van der Waals surface area contributed by atoms with Gasteiger partial charge in [-0.15, -0.1) is 6.58 Å². The molecule has 0 saturated carbocycles. The van der Waals surface area contributed by atoms with E-state index in [1.807, 2.05) is 25.3 Å². The minimum Gasteiger partial charge on any atom is -0.465 e. The number of rotatable bonds is 6. The number of aromatic nitrogens is 2. The Morgan fingerprint density at radius 3 is 2.61 bits per heavy atom. The Bertz CT molecular complexity index is 795. The Labute approximate surface area is 164 Å². The molecule has 1 aliphatic rings. The van der Waals surface area contributed by atoms with Gasteiger partial charge in [-0.05, 0) is 34.1 Å². The van der Waals surface area contributed by atoms with E-state index in [0.29, 0.717) is 12.2 Å². The number of imidazole rings is 1. The van der Waals surface area contributed by atoms with Crippen molar-refractivity contribution in [2.75, 3.05) is 0 Å². The first-order valence-corrected chi connectivity index (χ1v) is 9.18. The lowest BCUT2D eigenvalue weighted by molar-refractivity contribution is -0.135. The highest BCUT2D eigenvalue weighted by molar-refractivity contribution is 5.93. The van der Waals surface area contributed by atoms with Crippen LogP contribution in [0.2, 0.25) is 0 Å². The molecule has 1 aliphatic heterocycles. The summed E-state index contributed by atoms with van der Waals surface area (Å²) >= 11 is 0. The van der Waals surface area contributed by atoms with Crippen LogP contribution in [0.25, 0.3) is 0 Å². The van der Waals surface area contributed by atoms with Gasteiger partial charge in [0.25, 0.3) is 0 Å². The van der Waals surface area contributed by atoms with Crippen LogP contribution in [0.4, 0.5) is 4.79 Å². The fourth-order valence-electron chi connectivity index (χ4n) is 3.73. The molecular weight excluding hydrogens is 362 g/mol. The van der Waals surface area contributed by atoms with Gasteiger partial charge in [-0.3, -0.25) is 9.59 Å². The molecule has 28 heavy (non-hydrogen) atoms. The summed E-state index contributed by atoms with van der Waals surface area (Å²) in [4.78, 5) is 40.7. The van der Waals surface area contributed by atoms with Crippen LogP contribution in [-0.2, 0) is 16.1 Å². The minimum atomic E-state index is -1.22. The SMILES string of the molecule is C=CCC1c2cnc(C(C)NC(=O)O)n2CC1(NC(C)=O)C(=O)NC(C)(C)C. The molecule has 0 aromatic carbocycles. The summed E-state index contributed by atoms with van der Waals surface area (Å²) in [7, 11) is 0. The minimum absolute atomic E-state index is 0.156. The van der Waals surface area contributed by atoms with Crippen molar-refractivity contribution in [3.63, 3.8) is 0 Å². The molecule has 0 spiro atoms. The monoisotopic (exact) mass is 391 g/mol. The van der Waals surface area contributed by atoms with Crippen molar-refractivity contribution in [3.8, 4) is 0 Å². The lowest BCUT2D eigenvalue weighted by atomic mass is 9.80. The van der Waals surface area contributed by atoms with Crippen LogP contribution in [0.3, 0.4) is 0 Å². The van der Waals surface area contributed by atoms with E-state index in [9.17, 15) is 14.4 Å². The molecule has 0 fully saturated rings. The van der Waals surface area contributed by atoms with Gasteiger partial charge >= 0.3 is 6.09 Å². The summed E-state index contributed by atoms with van der Waals surface area (Å²) < 4.78 is 1.81. The van der Waals surface area contributed by atoms with Crippen LogP contribution >= 0.6 is 0 Å². The second-order valence-electron chi connectivity index (χ2n) is 8.23. The maximum Gasteiger partial charge on any atom is 0.405 e. The summed E-state index contributed by atoms with van der Waals surface area (Å²) in [5.41, 5.74) is -0.951. The highest BCUT2D eigenvalue weighted by Gasteiger charge is 2.54. The predicted octanol–water partition coefficient (Wildman–Crippen LogP) is 1.67. The Kier molecular flexibility index (Phi) is 5.86. The topological polar surface area (TPSA) is 125 Å². The molecule has 2 heterocycles. The molecule has 0 aliphatic carbocycles. The predicted molar refractivity (Wildman–Crippen MR) is 104 cm³/mol. The summed E-state index contributed by atoms with van der Waals surface area (Å²) in [5, 5.41) is 17.2. The molecule has 0 bridgehead atoms. The van der Waals surface area contributed by atoms with Gasteiger partial charge in [-0.2, -0.15) is 0 Å². The molecule has 9 nitrogen and oxygen atoms in total. The highest BCUT2D eigenvalue weighted by atomic mass is 16.4. The fourth-order valence-corrected chi connectivity index (χ4v) is 3.73. The normalized spacial score (nSPS) is 22.1. The third kappa shape index (κ3) is 4.18. The smallest absolute Gasteiger partial charge is 0.405 e. The lowest BCUT2D eigenvalue weighted by Crippen LogP contribution is -2.64. The van der Waals surface area contributed by atoms with Crippen molar-refractivity contribution in [2.24, 2.45) is 0 Å². The van der Waals surface area contributed by atoms with Crippen LogP contribution in [0.1, 0.15) is 64.5 Å². The van der Waals surface area contributed by atoms with Crippen molar-refractivity contribution in [3.05, 3.63) is 30.4 Å². The maximum atomic E-state index is 13.3. The van der Waals surface area contributed by atoms with E-state index in [1.54, 1.807) is 19.2 Å². The van der Waals surface area contributed by atoms with E-state index in [0.717, 1.165) is 5.69 Å². The summed E-state index contributed by atoms with van der Waals surface area (Å²) in [6.07, 6.45) is 2.62. The Morgan fingerprint density at radius 2 is 2.11 bits per heavy atom. The van der Waals surface area contributed by atoms with Gasteiger partial charge in [0, 0.05) is 30.3 Å². The van der Waals surface area contributed by atoms with Gasteiger partial charge in [-0.25, -0.2) is 9.78 Å². The van der Waals surface area contributed by atoms with Gasteiger partial charge in [0.2, 0.25) is 11.8 Å². The molecule has 0 radical (unpaired) electrons. The molecule has 2 rings (SSSR count). The molecule has 4 N–H and O–H groups in total. The number of allylic oxidation sites excluding steroid dienone is 1. The number of carbonyl (C=O) groups excluding carboxylic acids is 2. The first-order chi connectivity index (χ1) is 12.9. The zero-order chi connectivity index (χ0) is 21.3.